The van der Waals surface area contributed by atoms with Crippen LogP contribution in [0.4, 0.5) is 0 Å². The van der Waals surface area contributed by atoms with Crippen molar-refractivity contribution in [3.63, 3.8) is 0 Å². The minimum atomic E-state index is 0.137. The Morgan fingerprint density at radius 3 is 1.07 bits per heavy atom. The third-order valence-electron chi connectivity index (χ3n) is 9.83. The first-order chi connectivity index (χ1) is 21.2. The summed E-state index contributed by atoms with van der Waals surface area (Å²) < 4.78 is 0. The summed E-state index contributed by atoms with van der Waals surface area (Å²) in [6.07, 6.45) is 0. The number of aryl methyl sites for hydroxylation is 4. The average molecular weight is 575 g/mol. The molecule has 0 aromatic heterocycles. The Balaban J connectivity index is 1.69. The zero-order valence-electron chi connectivity index (χ0n) is 27.7. The molecular formula is C44H46. The van der Waals surface area contributed by atoms with Crippen LogP contribution >= 0.6 is 0 Å². The van der Waals surface area contributed by atoms with Crippen molar-refractivity contribution in [2.75, 3.05) is 0 Å². The highest BCUT2D eigenvalue weighted by molar-refractivity contribution is 5.82. The van der Waals surface area contributed by atoms with Crippen LogP contribution in [0.1, 0.15) is 107 Å². The van der Waals surface area contributed by atoms with Gasteiger partial charge in [-0.3, -0.25) is 0 Å². The molecule has 0 nitrogen and oxygen atoms in total. The summed E-state index contributed by atoms with van der Waals surface area (Å²) in [4.78, 5) is 0. The SMILES string of the molecule is Cc1cc([C@@H](c2ccccc2)[C@@H](c2ccccc2)c2cc(C)c3cc(C(C)C)ccc(C)c2-3)c2c(C)ccc(C(C)C)cc1-2. The molecule has 0 bridgehead atoms. The fourth-order valence-corrected chi connectivity index (χ4v) is 7.40. The van der Waals surface area contributed by atoms with Crippen molar-refractivity contribution in [3.8, 4) is 22.3 Å². The molecule has 222 valence electrons. The lowest BCUT2D eigenvalue weighted by Gasteiger charge is -2.30. The largest absolute Gasteiger partial charge is 0.0622 e. The van der Waals surface area contributed by atoms with Crippen molar-refractivity contribution < 1.29 is 0 Å². The normalized spacial score (nSPS) is 13.2. The van der Waals surface area contributed by atoms with E-state index in [0.29, 0.717) is 11.8 Å². The van der Waals surface area contributed by atoms with E-state index in [1.54, 1.807) is 0 Å². The molecule has 0 amide bonds. The molecule has 0 fully saturated rings. The molecular weight excluding hydrogens is 528 g/mol. The van der Waals surface area contributed by atoms with Gasteiger partial charge in [0.15, 0.2) is 0 Å². The Kier molecular flexibility index (Phi) is 8.21. The number of hydrogen-bond acceptors (Lipinski definition) is 0. The summed E-state index contributed by atoms with van der Waals surface area (Å²) in [5.74, 6) is 1.22. The van der Waals surface area contributed by atoms with Crippen LogP contribution in [-0.2, 0) is 0 Å². The van der Waals surface area contributed by atoms with Gasteiger partial charge in [-0.1, -0.05) is 137 Å². The first kappa shape index (κ1) is 29.9. The molecule has 0 aliphatic heterocycles. The molecule has 4 aliphatic carbocycles. The van der Waals surface area contributed by atoms with Gasteiger partial charge in [-0.2, -0.15) is 0 Å². The van der Waals surface area contributed by atoms with E-state index in [-0.39, 0.29) is 11.8 Å². The smallest absolute Gasteiger partial charge is 0.0205 e. The van der Waals surface area contributed by atoms with Crippen LogP contribution in [0.2, 0.25) is 0 Å². The molecule has 0 radical (unpaired) electrons. The molecule has 44 heavy (non-hydrogen) atoms. The maximum absolute atomic E-state index is 2.50. The van der Waals surface area contributed by atoms with Crippen LogP contribution < -0.4 is 0 Å². The van der Waals surface area contributed by atoms with E-state index in [9.17, 15) is 0 Å². The Hall–Kier alpha value is -4.16. The zero-order chi connectivity index (χ0) is 31.1. The van der Waals surface area contributed by atoms with E-state index in [1.807, 2.05) is 0 Å². The Morgan fingerprint density at radius 1 is 0.364 bits per heavy atom. The highest BCUT2D eigenvalue weighted by atomic mass is 14.4. The number of hydrogen-bond donors (Lipinski definition) is 0. The third kappa shape index (κ3) is 5.36. The van der Waals surface area contributed by atoms with Crippen molar-refractivity contribution in [2.24, 2.45) is 0 Å². The van der Waals surface area contributed by atoms with Crippen molar-refractivity contribution >= 4 is 0 Å². The van der Waals surface area contributed by atoms with E-state index in [4.69, 9.17) is 0 Å². The molecule has 2 atom stereocenters. The fourth-order valence-electron chi connectivity index (χ4n) is 7.40. The predicted octanol–water partition coefficient (Wildman–Crippen LogP) is 12.3. The van der Waals surface area contributed by atoms with Gasteiger partial charge in [0, 0.05) is 11.8 Å². The molecule has 4 aliphatic rings. The van der Waals surface area contributed by atoms with E-state index in [2.05, 4.69) is 165 Å². The lowest BCUT2D eigenvalue weighted by atomic mass is 9.72. The minimum absolute atomic E-state index is 0.137. The van der Waals surface area contributed by atoms with Crippen molar-refractivity contribution in [2.45, 2.75) is 79.1 Å². The Bertz CT molecular complexity index is 1700. The lowest BCUT2D eigenvalue weighted by Crippen LogP contribution is -2.15. The molecule has 0 heterocycles. The number of benzene rings is 2. The molecule has 0 unspecified atom stereocenters. The van der Waals surface area contributed by atoms with Gasteiger partial charge >= 0.3 is 0 Å². The van der Waals surface area contributed by atoms with Crippen LogP contribution in [0.3, 0.4) is 0 Å². The van der Waals surface area contributed by atoms with Crippen molar-refractivity contribution in [1.29, 1.82) is 0 Å². The zero-order valence-corrected chi connectivity index (χ0v) is 27.7. The van der Waals surface area contributed by atoms with Crippen molar-refractivity contribution in [1.82, 2.24) is 0 Å². The average Bonchev–Trinajstić information content (AvgIpc) is 3.34. The summed E-state index contributed by atoms with van der Waals surface area (Å²) in [6.45, 7) is 18.4. The highest BCUT2D eigenvalue weighted by Crippen LogP contribution is 2.52. The lowest BCUT2D eigenvalue weighted by molar-refractivity contribution is 0.699. The van der Waals surface area contributed by atoms with Gasteiger partial charge in [0.1, 0.15) is 0 Å². The summed E-state index contributed by atoms with van der Waals surface area (Å²) in [7, 11) is 0. The minimum Gasteiger partial charge on any atom is -0.0622 e. The van der Waals surface area contributed by atoms with E-state index >= 15 is 0 Å². The second kappa shape index (κ2) is 12.1. The number of fused-ring (bicyclic) bond motifs is 2. The van der Waals surface area contributed by atoms with E-state index in [1.165, 1.54) is 77.9 Å². The fraction of sp³-hybridized carbons (Fsp3) is 0.273. The topological polar surface area (TPSA) is 0 Å². The van der Waals surface area contributed by atoms with Gasteiger partial charge in [-0.25, -0.2) is 0 Å². The van der Waals surface area contributed by atoms with Crippen LogP contribution in [0, 0.1) is 27.7 Å². The number of rotatable bonds is 7. The molecule has 6 rings (SSSR count). The molecule has 2 aromatic rings. The summed E-state index contributed by atoms with van der Waals surface area (Å²) >= 11 is 0. The summed E-state index contributed by atoms with van der Waals surface area (Å²) in [5, 5.41) is 0. The summed E-state index contributed by atoms with van der Waals surface area (Å²) in [6, 6.07) is 41.7. The van der Waals surface area contributed by atoms with Gasteiger partial charge in [0.25, 0.3) is 0 Å². The van der Waals surface area contributed by atoms with Gasteiger partial charge in [-0.05, 0) is 117 Å². The van der Waals surface area contributed by atoms with Crippen LogP contribution in [0.15, 0.2) is 109 Å². The highest BCUT2D eigenvalue weighted by Gasteiger charge is 2.35. The van der Waals surface area contributed by atoms with Crippen molar-refractivity contribution in [3.05, 3.63) is 165 Å². The van der Waals surface area contributed by atoms with Gasteiger partial charge in [0.2, 0.25) is 0 Å². The molecule has 0 N–H and O–H groups in total. The molecule has 0 heteroatoms. The first-order valence-corrected chi connectivity index (χ1v) is 16.3. The second-order valence-corrected chi connectivity index (χ2v) is 13.6. The predicted molar refractivity (Wildman–Crippen MR) is 190 cm³/mol. The Labute approximate surface area is 265 Å². The van der Waals surface area contributed by atoms with Gasteiger partial charge in [0.05, 0.1) is 0 Å². The van der Waals surface area contributed by atoms with Crippen LogP contribution in [0.5, 0.6) is 0 Å². The Morgan fingerprint density at radius 2 is 0.727 bits per heavy atom. The third-order valence-corrected chi connectivity index (χ3v) is 9.83. The maximum Gasteiger partial charge on any atom is 0.0205 e. The van der Waals surface area contributed by atoms with Gasteiger partial charge in [-0.15, -0.1) is 0 Å². The standard InChI is InChI=1S/C44H46/c1-27(2)35-21-19-29(5)41-37(25-35)31(7)23-39(41)43(33-15-11-9-12-16-33)44(34-17-13-10-14-18-34)40-24-32(8)38-26-36(28(3)4)22-20-30(6)42(38)40/h9-28,43-44H,1-8H3/t43-,44+. The van der Waals surface area contributed by atoms with Crippen LogP contribution in [0.25, 0.3) is 22.3 Å². The van der Waals surface area contributed by atoms with E-state index in [0.717, 1.165) is 0 Å². The molecule has 0 spiro atoms. The molecule has 2 aromatic carbocycles. The van der Waals surface area contributed by atoms with Crippen LogP contribution in [-0.4, -0.2) is 0 Å². The summed E-state index contributed by atoms with van der Waals surface area (Å²) in [5.41, 5.74) is 19.3. The van der Waals surface area contributed by atoms with Gasteiger partial charge < -0.3 is 0 Å². The monoisotopic (exact) mass is 574 g/mol. The quantitative estimate of drug-likeness (QED) is 0.178. The maximum atomic E-state index is 2.50. The molecule has 0 saturated carbocycles. The first-order valence-electron chi connectivity index (χ1n) is 16.3. The molecule has 0 saturated heterocycles. The second-order valence-electron chi connectivity index (χ2n) is 13.6. The van der Waals surface area contributed by atoms with E-state index < -0.39 is 0 Å².